The monoisotopic (exact) mass is 215 g/mol. The van der Waals surface area contributed by atoms with Crippen LogP contribution in [0.4, 0.5) is 5.82 Å². The maximum Gasteiger partial charge on any atom is 0.224 e. The van der Waals surface area contributed by atoms with Crippen LogP contribution < -0.4 is 5.32 Å². The lowest BCUT2D eigenvalue weighted by molar-refractivity contribution is 0.286. The molecule has 1 aromatic heterocycles. The molecule has 0 atom stereocenters. The summed E-state index contributed by atoms with van der Waals surface area (Å²) >= 11 is 5.69. The summed E-state index contributed by atoms with van der Waals surface area (Å²) in [5, 5.41) is 12.0. The van der Waals surface area contributed by atoms with E-state index in [1.54, 1.807) is 0 Å². The predicted octanol–water partition coefficient (Wildman–Crippen LogP) is 1.62. The Hall–Kier alpha value is -0.870. The van der Waals surface area contributed by atoms with Crippen LogP contribution in [0.15, 0.2) is 6.07 Å². The standard InChI is InChI=1S/C9H14ClN3O/c1-7-6-8(13-9(10)12-7)11-4-2-3-5-14/h6,14H,2-5H2,1H3,(H,11,12,13). The molecule has 0 saturated carbocycles. The summed E-state index contributed by atoms with van der Waals surface area (Å²) in [7, 11) is 0. The second kappa shape index (κ2) is 5.78. The zero-order valence-corrected chi connectivity index (χ0v) is 8.88. The zero-order chi connectivity index (χ0) is 10.4. The molecule has 0 bridgehead atoms. The van der Waals surface area contributed by atoms with E-state index in [1.807, 2.05) is 13.0 Å². The maximum absolute atomic E-state index is 8.58. The van der Waals surface area contributed by atoms with Crippen molar-refractivity contribution in [2.75, 3.05) is 18.5 Å². The lowest BCUT2D eigenvalue weighted by Gasteiger charge is -2.05. The number of nitrogens with zero attached hydrogens (tertiary/aromatic N) is 2. The van der Waals surface area contributed by atoms with Gasteiger partial charge in [-0.25, -0.2) is 9.97 Å². The van der Waals surface area contributed by atoms with Crippen molar-refractivity contribution in [3.63, 3.8) is 0 Å². The van der Waals surface area contributed by atoms with Crippen LogP contribution in [0.2, 0.25) is 5.28 Å². The van der Waals surface area contributed by atoms with E-state index in [0.29, 0.717) is 0 Å². The molecule has 2 N–H and O–H groups in total. The Kier molecular flexibility index (Phi) is 4.62. The summed E-state index contributed by atoms with van der Waals surface area (Å²) < 4.78 is 0. The third-order valence-electron chi connectivity index (χ3n) is 1.72. The molecule has 0 aliphatic carbocycles. The molecule has 0 unspecified atom stereocenters. The molecule has 14 heavy (non-hydrogen) atoms. The number of hydrogen-bond acceptors (Lipinski definition) is 4. The van der Waals surface area contributed by atoms with E-state index in [9.17, 15) is 0 Å². The number of nitrogens with one attached hydrogen (secondary N) is 1. The van der Waals surface area contributed by atoms with Crippen LogP contribution in [-0.4, -0.2) is 28.2 Å². The fourth-order valence-corrected chi connectivity index (χ4v) is 1.30. The number of aryl methyl sites for hydroxylation is 1. The van der Waals surface area contributed by atoms with Gasteiger partial charge in [0.2, 0.25) is 5.28 Å². The van der Waals surface area contributed by atoms with E-state index in [0.717, 1.165) is 30.9 Å². The second-order valence-electron chi connectivity index (χ2n) is 3.02. The summed E-state index contributed by atoms with van der Waals surface area (Å²) in [6.45, 7) is 2.88. The number of hydrogen-bond donors (Lipinski definition) is 2. The Morgan fingerprint density at radius 1 is 1.43 bits per heavy atom. The zero-order valence-electron chi connectivity index (χ0n) is 8.13. The van der Waals surface area contributed by atoms with Crippen LogP contribution >= 0.6 is 11.6 Å². The Morgan fingerprint density at radius 2 is 2.21 bits per heavy atom. The van der Waals surface area contributed by atoms with Crippen LogP contribution in [-0.2, 0) is 0 Å². The number of rotatable bonds is 5. The summed E-state index contributed by atoms with van der Waals surface area (Å²) in [4.78, 5) is 7.97. The first-order chi connectivity index (χ1) is 6.72. The average Bonchev–Trinajstić information content (AvgIpc) is 2.11. The van der Waals surface area contributed by atoms with Crippen molar-refractivity contribution in [3.05, 3.63) is 17.0 Å². The van der Waals surface area contributed by atoms with Gasteiger partial charge in [-0.15, -0.1) is 0 Å². The molecule has 0 radical (unpaired) electrons. The van der Waals surface area contributed by atoms with Gasteiger partial charge in [-0.1, -0.05) is 0 Å². The van der Waals surface area contributed by atoms with Gasteiger partial charge in [-0.3, -0.25) is 0 Å². The molecule has 0 aliphatic rings. The van der Waals surface area contributed by atoms with Gasteiger partial charge >= 0.3 is 0 Å². The minimum Gasteiger partial charge on any atom is -0.396 e. The van der Waals surface area contributed by atoms with E-state index >= 15 is 0 Å². The maximum atomic E-state index is 8.58. The second-order valence-corrected chi connectivity index (χ2v) is 3.36. The third-order valence-corrected chi connectivity index (χ3v) is 1.89. The fourth-order valence-electron chi connectivity index (χ4n) is 1.08. The van der Waals surface area contributed by atoms with Crippen LogP contribution in [0.25, 0.3) is 0 Å². The average molecular weight is 216 g/mol. The first-order valence-corrected chi connectivity index (χ1v) is 4.96. The number of anilines is 1. The fraction of sp³-hybridized carbons (Fsp3) is 0.556. The molecule has 0 fully saturated rings. The highest BCUT2D eigenvalue weighted by Crippen LogP contribution is 2.09. The summed E-state index contributed by atoms with van der Waals surface area (Å²) in [5.74, 6) is 0.737. The molecule has 0 aliphatic heterocycles. The molecule has 5 heteroatoms. The molecule has 78 valence electrons. The van der Waals surface area contributed by atoms with Crippen LogP contribution in [0.3, 0.4) is 0 Å². The van der Waals surface area contributed by atoms with Gasteiger partial charge in [0.1, 0.15) is 5.82 Å². The Labute approximate surface area is 88.3 Å². The Balaban J connectivity index is 2.42. The molecule has 1 heterocycles. The van der Waals surface area contributed by atoms with Gasteiger partial charge in [0, 0.05) is 24.9 Å². The van der Waals surface area contributed by atoms with Gasteiger partial charge in [0.05, 0.1) is 0 Å². The van der Waals surface area contributed by atoms with Crippen molar-refractivity contribution >= 4 is 17.4 Å². The van der Waals surface area contributed by atoms with E-state index in [4.69, 9.17) is 16.7 Å². The van der Waals surface area contributed by atoms with Crippen LogP contribution in [0, 0.1) is 6.92 Å². The van der Waals surface area contributed by atoms with Gasteiger partial charge in [0.15, 0.2) is 0 Å². The van der Waals surface area contributed by atoms with Crippen molar-refractivity contribution < 1.29 is 5.11 Å². The van der Waals surface area contributed by atoms with Crippen molar-refractivity contribution in [2.24, 2.45) is 0 Å². The molecule has 1 rings (SSSR count). The minimum absolute atomic E-state index is 0.227. The number of halogens is 1. The number of aromatic nitrogens is 2. The molecule has 0 spiro atoms. The Bertz CT molecular complexity index is 273. The van der Waals surface area contributed by atoms with Crippen molar-refractivity contribution in [2.45, 2.75) is 19.8 Å². The molecule has 0 aromatic carbocycles. The molecule has 0 amide bonds. The predicted molar refractivity (Wildman–Crippen MR) is 56.6 cm³/mol. The Morgan fingerprint density at radius 3 is 2.86 bits per heavy atom. The van der Waals surface area contributed by atoms with Gasteiger partial charge in [0.25, 0.3) is 0 Å². The third kappa shape index (κ3) is 3.89. The van der Waals surface area contributed by atoms with E-state index in [-0.39, 0.29) is 11.9 Å². The summed E-state index contributed by atoms with van der Waals surface area (Å²) in [5.41, 5.74) is 0.842. The lowest BCUT2D eigenvalue weighted by atomic mass is 10.3. The molecule has 1 aromatic rings. The largest absolute Gasteiger partial charge is 0.396 e. The highest BCUT2D eigenvalue weighted by molar-refractivity contribution is 6.28. The van der Waals surface area contributed by atoms with Crippen molar-refractivity contribution in [3.8, 4) is 0 Å². The number of unbranched alkanes of at least 4 members (excludes halogenated alkanes) is 1. The molecular formula is C9H14ClN3O. The SMILES string of the molecule is Cc1cc(NCCCCO)nc(Cl)n1. The van der Waals surface area contributed by atoms with Crippen LogP contribution in [0.5, 0.6) is 0 Å². The van der Waals surface area contributed by atoms with Crippen LogP contribution in [0.1, 0.15) is 18.5 Å². The summed E-state index contributed by atoms with van der Waals surface area (Å²) in [6.07, 6.45) is 1.71. The normalized spacial score (nSPS) is 10.2. The van der Waals surface area contributed by atoms with Crippen molar-refractivity contribution in [1.82, 2.24) is 9.97 Å². The quantitative estimate of drug-likeness (QED) is 0.579. The molecule has 4 nitrogen and oxygen atoms in total. The van der Waals surface area contributed by atoms with Crippen molar-refractivity contribution in [1.29, 1.82) is 0 Å². The number of aliphatic hydroxyl groups excluding tert-OH is 1. The number of aliphatic hydroxyl groups is 1. The van der Waals surface area contributed by atoms with E-state index in [1.165, 1.54) is 0 Å². The highest BCUT2D eigenvalue weighted by Gasteiger charge is 1.98. The first-order valence-electron chi connectivity index (χ1n) is 4.58. The van der Waals surface area contributed by atoms with E-state index < -0.39 is 0 Å². The smallest absolute Gasteiger partial charge is 0.224 e. The minimum atomic E-state index is 0.227. The molecular weight excluding hydrogens is 202 g/mol. The molecule has 0 saturated heterocycles. The van der Waals surface area contributed by atoms with E-state index in [2.05, 4.69) is 15.3 Å². The van der Waals surface area contributed by atoms with Gasteiger partial charge < -0.3 is 10.4 Å². The van der Waals surface area contributed by atoms with Gasteiger partial charge in [-0.2, -0.15) is 0 Å². The lowest BCUT2D eigenvalue weighted by Crippen LogP contribution is -2.05. The first kappa shape index (κ1) is 11.2. The summed E-state index contributed by atoms with van der Waals surface area (Å²) in [6, 6.07) is 1.84. The van der Waals surface area contributed by atoms with Gasteiger partial charge in [-0.05, 0) is 31.4 Å². The highest BCUT2D eigenvalue weighted by atomic mass is 35.5. The topological polar surface area (TPSA) is 58.0 Å².